The number of halogens is 1. The van der Waals surface area contributed by atoms with Crippen LogP contribution in [0.25, 0.3) is 16.6 Å². The Bertz CT molecular complexity index is 1200. The molecule has 0 bridgehead atoms. The summed E-state index contributed by atoms with van der Waals surface area (Å²) in [6.45, 7) is 4.76. The van der Waals surface area contributed by atoms with Crippen molar-refractivity contribution in [1.82, 2.24) is 29.8 Å². The monoisotopic (exact) mass is 473 g/mol. The molecule has 184 valence electrons. The fraction of sp³-hybridized carbons (Fsp3) is 0.565. The van der Waals surface area contributed by atoms with Crippen LogP contribution >= 0.6 is 0 Å². The summed E-state index contributed by atoms with van der Waals surface area (Å²) in [4.78, 5) is 23.6. The first-order valence-electron chi connectivity index (χ1n) is 11.5. The molecule has 1 aromatic carbocycles. The summed E-state index contributed by atoms with van der Waals surface area (Å²) in [7, 11) is 4.90. The maximum absolute atomic E-state index is 14.3. The Morgan fingerprint density at radius 1 is 1.32 bits per heavy atom. The van der Waals surface area contributed by atoms with Gasteiger partial charge >= 0.3 is 0 Å². The Morgan fingerprint density at radius 3 is 2.76 bits per heavy atom. The van der Waals surface area contributed by atoms with Gasteiger partial charge in [-0.05, 0) is 32.3 Å². The molecule has 0 aliphatic carbocycles. The molecule has 11 heteroatoms. The minimum absolute atomic E-state index is 0.00544. The summed E-state index contributed by atoms with van der Waals surface area (Å²) in [5.74, 6) is 0.434. The Kier molecular flexibility index (Phi) is 6.85. The molecule has 0 saturated carbocycles. The van der Waals surface area contributed by atoms with Crippen LogP contribution in [0.5, 0.6) is 5.75 Å². The number of fused-ring (bicyclic) bond motifs is 3. The van der Waals surface area contributed by atoms with Crippen molar-refractivity contribution in [2.24, 2.45) is 0 Å². The minimum atomic E-state index is -0.504. The lowest BCUT2D eigenvalue weighted by Crippen LogP contribution is -2.45. The quantitative estimate of drug-likeness (QED) is 0.511. The van der Waals surface area contributed by atoms with Gasteiger partial charge in [-0.1, -0.05) is 6.92 Å². The molecule has 3 N–H and O–H groups in total. The van der Waals surface area contributed by atoms with E-state index >= 15 is 0 Å². The molecule has 2 aromatic heterocycles. The number of rotatable bonds is 8. The highest BCUT2D eigenvalue weighted by molar-refractivity contribution is 5.93. The molecule has 1 aliphatic heterocycles. The number of hydrogen-bond donors (Lipinski definition) is 2. The molecule has 1 amide bonds. The van der Waals surface area contributed by atoms with Gasteiger partial charge in [-0.2, -0.15) is 4.52 Å². The Hall–Kier alpha value is -3.05. The Morgan fingerprint density at radius 2 is 2.09 bits per heavy atom. The third kappa shape index (κ3) is 4.49. The first-order valence-corrected chi connectivity index (χ1v) is 11.5. The highest BCUT2D eigenvalue weighted by atomic mass is 19.1. The first-order chi connectivity index (χ1) is 16.2. The predicted octanol–water partition coefficient (Wildman–Crippen LogP) is 2.11. The molecule has 10 nitrogen and oxygen atoms in total. The van der Waals surface area contributed by atoms with Crippen LogP contribution < -0.4 is 15.8 Å². The van der Waals surface area contributed by atoms with Crippen molar-refractivity contribution in [3.05, 3.63) is 23.8 Å². The molecule has 1 fully saturated rings. The molecule has 1 saturated heterocycles. The van der Waals surface area contributed by atoms with Crippen molar-refractivity contribution in [3.8, 4) is 5.75 Å². The van der Waals surface area contributed by atoms with Gasteiger partial charge in [-0.25, -0.2) is 14.4 Å². The lowest BCUT2D eigenvalue weighted by atomic mass is 10.0. The Labute approximate surface area is 197 Å². The van der Waals surface area contributed by atoms with Crippen LogP contribution in [0, 0.1) is 5.82 Å². The maximum Gasteiger partial charge on any atom is 0.239 e. The van der Waals surface area contributed by atoms with Crippen molar-refractivity contribution in [3.63, 3.8) is 0 Å². The number of amides is 1. The van der Waals surface area contributed by atoms with E-state index in [1.54, 1.807) is 12.0 Å². The van der Waals surface area contributed by atoms with Gasteiger partial charge in [0, 0.05) is 44.1 Å². The summed E-state index contributed by atoms with van der Waals surface area (Å²) in [5.41, 5.74) is 7.03. The molecular weight excluding hydrogens is 441 g/mol. The van der Waals surface area contributed by atoms with E-state index in [4.69, 9.17) is 15.2 Å². The first kappa shape index (κ1) is 24.1. The molecule has 1 aliphatic rings. The van der Waals surface area contributed by atoms with Gasteiger partial charge in [0.25, 0.3) is 0 Å². The van der Waals surface area contributed by atoms with Crippen LogP contribution in [-0.2, 0) is 9.53 Å². The van der Waals surface area contributed by atoms with Gasteiger partial charge in [0.15, 0.2) is 23.0 Å². The number of nitrogens with zero attached hydrogens (tertiary/aromatic N) is 5. The minimum Gasteiger partial charge on any atom is -0.494 e. The van der Waals surface area contributed by atoms with Gasteiger partial charge in [-0.15, -0.1) is 5.10 Å². The molecule has 0 radical (unpaired) electrons. The van der Waals surface area contributed by atoms with Crippen molar-refractivity contribution in [2.75, 3.05) is 33.5 Å². The molecule has 0 unspecified atom stereocenters. The zero-order chi connectivity index (χ0) is 24.6. The van der Waals surface area contributed by atoms with Crippen LogP contribution in [-0.4, -0.2) is 76.4 Å². The third-order valence-electron chi connectivity index (χ3n) is 6.78. The van der Waals surface area contributed by atoms with Crippen molar-refractivity contribution in [1.29, 1.82) is 0 Å². The zero-order valence-corrected chi connectivity index (χ0v) is 20.2. The van der Waals surface area contributed by atoms with Crippen molar-refractivity contribution >= 4 is 28.4 Å². The maximum atomic E-state index is 14.3. The number of likely N-dealkylation sites (N-methyl/N-ethyl adjacent to an activating group) is 1. The summed E-state index contributed by atoms with van der Waals surface area (Å²) >= 11 is 0. The number of ether oxygens (including phenoxy) is 2. The number of methoxy groups -OCH3 is 2. The van der Waals surface area contributed by atoms with Crippen LogP contribution in [0.2, 0.25) is 0 Å². The van der Waals surface area contributed by atoms with Gasteiger partial charge in [-0.3, -0.25) is 4.79 Å². The molecule has 34 heavy (non-hydrogen) atoms. The fourth-order valence-electron chi connectivity index (χ4n) is 4.36. The van der Waals surface area contributed by atoms with Crippen LogP contribution in [0.3, 0.4) is 0 Å². The van der Waals surface area contributed by atoms with Gasteiger partial charge < -0.3 is 25.4 Å². The molecular formula is C23H32FN7O3. The number of carbonyl (C=O) groups excluding carboxylic acids is 1. The van der Waals surface area contributed by atoms with E-state index in [0.29, 0.717) is 35.3 Å². The number of nitrogen functional groups attached to an aromatic ring is 1. The number of nitrogens with two attached hydrogens (primary N) is 1. The molecule has 4 rings (SSSR count). The van der Waals surface area contributed by atoms with E-state index in [0.717, 1.165) is 12.8 Å². The lowest BCUT2D eigenvalue weighted by molar-refractivity contribution is -0.133. The normalized spacial score (nSPS) is 20.1. The van der Waals surface area contributed by atoms with E-state index in [2.05, 4.69) is 20.4 Å². The largest absolute Gasteiger partial charge is 0.494 e. The van der Waals surface area contributed by atoms with Gasteiger partial charge in [0.2, 0.25) is 11.9 Å². The second kappa shape index (κ2) is 9.67. The van der Waals surface area contributed by atoms with Gasteiger partial charge in [0.05, 0.1) is 24.8 Å². The predicted molar refractivity (Wildman–Crippen MR) is 126 cm³/mol. The van der Waals surface area contributed by atoms with E-state index in [1.807, 2.05) is 20.9 Å². The number of nitrogens with one attached hydrogen (secondary N) is 1. The number of carbonyl (C=O) groups is 1. The average molecular weight is 474 g/mol. The van der Waals surface area contributed by atoms with Crippen LogP contribution in [0.1, 0.15) is 44.9 Å². The standard InChI is InChI=1S/C23H32FN7O3/c1-12(6-7-13(2)30(3)22(32)18-8-14(33-4)11-26-18)20-28-21-15-9-16(24)19(34-5)10-17(15)27-23(25)31(21)29-20/h9-10,12-14,18,26H,6-8,11H2,1-5H3,(H2,25,27)/t12-,13-,14+,18-/m0/s1. The van der Waals surface area contributed by atoms with Crippen molar-refractivity contribution < 1.29 is 18.7 Å². The molecule has 4 atom stereocenters. The second-order valence-electron chi connectivity index (χ2n) is 9.01. The van der Waals surface area contributed by atoms with E-state index in [9.17, 15) is 9.18 Å². The second-order valence-corrected chi connectivity index (χ2v) is 9.01. The van der Waals surface area contributed by atoms with Crippen LogP contribution in [0.15, 0.2) is 12.1 Å². The van der Waals surface area contributed by atoms with Crippen LogP contribution in [0.4, 0.5) is 10.3 Å². The SMILES string of the molecule is COc1cc2nc(N)n3nc([C@@H](C)CC[C@H](C)N(C)C(=O)[C@@H]4C[C@@H](OC)CN4)nc3c2cc1F. The smallest absolute Gasteiger partial charge is 0.239 e. The number of benzene rings is 1. The van der Waals surface area contributed by atoms with E-state index < -0.39 is 5.82 Å². The zero-order valence-electron chi connectivity index (χ0n) is 20.2. The molecule has 3 aromatic rings. The topological polar surface area (TPSA) is 120 Å². The molecule has 0 spiro atoms. The summed E-state index contributed by atoms with van der Waals surface area (Å²) in [5, 5.41) is 8.28. The average Bonchev–Trinajstić information content (AvgIpc) is 3.49. The Balaban J connectivity index is 1.47. The van der Waals surface area contributed by atoms with E-state index in [-0.39, 0.29) is 41.7 Å². The highest BCUT2D eigenvalue weighted by Gasteiger charge is 2.32. The number of aromatic nitrogens is 4. The fourth-order valence-corrected chi connectivity index (χ4v) is 4.36. The number of anilines is 1. The highest BCUT2D eigenvalue weighted by Crippen LogP contribution is 2.29. The van der Waals surface area contributed by atoms with Gasteiger partial charge in [0.1, 0.15) is 0 Å². The summed E-state index contributed by atoms with van der Waals surface area (Å²) in [6.07, 6.45) is 2.30. The molecule has 3 heterocycles. The van der Waals surface area contributed by atoms with Crippen molar-refractivity contribution in [2.45, 2.75) is 57.2 Å². The van der Waals surface area contributed by atoms with E-state index in [1.165, 1.54) is 23.8 Å². The summed E-state index contributed by atoms with van der Waals surface area (Å²) in [6, 6.07) is 2.68. The third-order valence-corrected chi connectivity index (χ3v) is 6.78. The lowest BCUT2D eigenvalue weighted by Gasteiger charge is -2.28. The summed E-state index contributed by atoms with van der Waals surface area (Å²) < 4.78 is 26.2. The number of hydrogen-bond acceptors (Lipinski definition) is 8.